The van der Waals surface area contributed by atoms with Gasteiger partial charge in [0.05, 0.1) is 5.69 Å². The molecule has 0 fully saturated rings. The lowest BCUT2D eigenvalue weighted by atomic mass is 9.94. The Morgan fingerprint density at radius 2 is 2.00 bits per heavy atom. The van der Waals surface area contributed by atoms with Gasteiger partial charge in [0.25, 0.3) is 0 Å². The van der Waals surface area contributed by atoms with E-state index in [4.69, 9.17) is 10.8 Å². The normalized spacial score (nSPS) is 14.0. The minimum Gasteiger partial charge on any atom is -0.506 e. The van der Waals surface area contributed by atoms with Crippen LogP contribution in [0.15, 0.2) is 42.7 Å². The second-order valence-corrected chi connectivity index (χ2v) is 4.81. The smallest absolute Gasteiger partial charge is 0.323 e. The highest BCUT2D eigenvalue weighted by atomic mass is 16.4. The van der Waals surface area contributed by atoms with Crippen molar-refractivity contribution in [2.75, 3.05) is 0 Å². The van der Waals surface area contributed by atoms with Crippen LogP contribution < -0.4 is 5.73 Å². The molecule has 0 aliphatic heterocycles. The van der Waals surface area contributed by atoms with Gasteiger partial charge in [-0.25, -0.2) is 0 Å². The second-order valence-electron chi connectivity index (χ2n) is 4.81. The monoisotopic (exact) mass is 260 g/mol. The standard InChI is InChI=1S/C14H16N2O3/c1-14(15,13(18)19)9-10-4-5-11(12(17)8-10)16-6-2-3-7-16/h2-8,17H,9,15H2,1H3,(H,18,19)/t14-/m1/s1. The van der Waals surface area contributed by atoms with E-state index in [1.165, 1.54) is 6.92 Å². The molecule has 0 bridgehead atoms. The second kappa shape index (κ2) is 4.78. The highest BCUT2D eigenvalue weighted by Crippen LogP contribution is 2.24. The van der Waals surface area contributed by atoms with Crippen molar-refractivity contribution in [3.63, 3.8) is 0 Å². The topological polar surface area (TPSA) is 88.5 Å². The van der Waals surface area contributed by atoms with Gasteiger partial charge in [-0.2, -0.15) is 0 Å². The van der Waals surface area contributed by atoms with Gasteiger partial charge in [0.1, 0.15) is 11.3 Å². The van der Waals surface area contributed by atoms with E-state index in [-0.39, 0.29) is 12.2 Å². The summed E-state index contributed by atoms with van der Waals surface area (Å²) in [5, 5.41) is 19.0. The Hall–Kier alpha value is -2.27. The molecule has 1 heterocycles. The largest absolute Gasteiger partial charge is 0.506 e. The highest BCUT2D eigenvalue weighted by Gasteiger charge is 2.28. The lowest BCUT2D eigenvalue weighted by molar-refractivity contribution is -0.142. The van der Waals surface area contributed by atoms with Crippen LogP contribution in [0.5, 0.6) is 5.75 Å². The van der Waals surface area contributed by atoms with Crippen molar-refractivity contribution < 1.29 is 15.0 Å². The van der Waals surface area contributed by atoms with Crippen LogP contribution in [-0.2, 0) is 11.2 Å². The predicted octanol–water partition coefficient (Wildman–Crippen LogP) is 1.53. The van der Waals surface area contributed by atoms with Crippen molar-refractivity contribution in [2.24, 2.45) is 5.73 Å². The molecule has 1 aromatic heterocycles. The van der Waals surface area contributed by atoms with Crippen molar-refractivity contribution in [3.05, 3.63) is 48.3 Å². The van der Waals surface area contributed by atoms with E-state index in [1.54, 1.807) is 22.8 Å². The molecule has 100 valence electrons. The van der Waals surface area contributed by atoms with Crippen molar-refractivity contribution in [2.45, 2.75) is 18.9 Å². The molecule has 0 aliphatic carbocycles. The van der Waals surface area contributed by atoms with Crippen LogP contribution in [0, 0.1) is 0 Å². The van der Waals surface area contributed by atoms with Gasteiger partial charge in [0.2, 0.25) is 0 Å². The van der Waals surface area contributed by atoms with Crippen molar-refractivity contribution in [3.8, 4) is 11.4 Å². The molecule has 1 aromatic carbocycles. The third-order valence-electron chi connectivity index (χ3n) is 2.98. The number of aliphatic carboxylic acids is 1. The number of nitrogens with two attached hydrogens (primary N) is 1. The van der Waals surface area contributed by atoms with Crippen molar-refractivity contribution in [1.29, 1.82) is 0 Å². The van der Waals surface area contributed by atoms with Crippen LogP contribution in [-0.4, -0.2) is 26.3 Å². The van der Waals surface area contributed by atoms with Crippen LogP contribution in [0.2, 0.25) is 0 Å². The van der Waals surface area contributed by atoms with Gasteiger partial charge in [0.15, 0.2) is 0 Å². The average Bonchev–Trinajstić information content (AvgIpc) is 2.81. The number of phenols is 1. The summed E-state index contributed by atoms with van der Waals surface area (Å²) in [6, 6.07) is 8.76. The Morgan fingerprint density at radius 3 is 2.53 bits per heavy atom. The van der Waals surface area contributed by atoms with E-state index >= 15 is 0 Å². The number of hydrogen-bond donors (Lipinski definition) is 3. The van der Waals surface area contributed by atoms with E-state index in [9.17, 15) is 9.90 Å². The van der Waals surface area contributed by atoms with E-state index in [2.05, 4.69) is 0 Å². The number of hydrogen-bond acceptors (Lipinski definition) is 3. The van der Waals surface area contributed by atoms with Crippen LogP contribution in [0.25, 0.3) is 5.69 Å². The van der Waals surface area contributed by atoms with Gasteiger partial charge < -0.3 is 20.5 Å². The van der Waals surface area contributed by atoms with E-state index < -0.39 is 11.5 Å². The van der Waals surface area contributed by atoms with Gasteiger partial charge in [-0.3, -0.25) is 4.79 Å². The van der Waals surface area contributed by atoms with Crippen molar-refractivity contribution in [1.82, 2.24) is 4.57 Å². The number of rotatable bonds is 4. The first-order valence-electron chi connectivity index (χ1n) is 5.88. The van der Waals surface area contributed by atoms with E-state index in [0.717, 1.165) is 0 Å². The zero-order valence-corrected chi connectivity index (χ0v) is 10.6. The molecule has 2 rings (SSSR count). The van der Waals surface area contributed by atoms with Crippen LogP contribution in [0.3, 0.4) is 0 Å². The molecule has 0 amide bonds. The fourth-order valence-corrected chi connectivity index (χ4v) is 1.89. The Kier molecular flexibility index (Phi) is 3.31. The maximum Gasteiger partial charge on any atom is 0.323 e. The zero-order chi connectivity index (χ0) is 14.0. The van der Waals surface area contributed by atoms with Gasteiger partial charge in [-0.05, 0) is 36.8 Å². The Morgan fingerprint density at radius 1 is 1.37 bits per heavy atom. The molecule has 5 nitrogen and oxygen atoms in total. The maximum absolute atomic E-state index is 11.0. The first kappa shape index (κ1) is 13.2. The van der Waals surface area contributed by atoms with E-state index in [0.29, 0.717) is 11.3 Å². The number of phenolic OH excluding ortho intramolecular Hbond substituents is 1. The van der Waals surface area contributed by atoms with Crippen LogP contribution in [0.4, 0.5) is 0 Å². The number of carbonyl (C=O) groups is 1. The quantitative estimate of drug-likeness (QED) is 0.777. The highest BCUT2D eigenvalue weighted by molar-refractivity contribution is 5.78. The lowest BCUT2D eigenvalue weighted by Gasteiger charge is -2.19. The fourth-order valence-electron chi connectivity index (χ4n) is 1.89. The third-order valence-corrected chi connectivity index (χ3v) is 2.98. The summed E-state index contributed by atoms with van der Waals surface area (Å²) < 4.78 is 1.78. The summed E-state index contributed by atoms with van der Waals surface area (Å²) in [6.07, 6.45) is 3.79. The molecule has 19 heavy (non-hydrogen) atoms. The first-order chi connectivity index (χ1) is 8.90. The Bertz CT molecular complexity index is 589. The number of carboxylic acids is 1. The molecule has 4 N–H and O–H groups in total. The Labute approximate surface area is 110 Å². The van der Waals surface area contributed by atoms with Crippen LogP contribution >= 0.6 is 0 Å². The molecule has 0 saturated carbocycles. The number of aromatic hydroxyl groups is 1. The summed E-state index contributed by atoms with van der Waals surface area (Å²) >= 11 is 0. The number of benzene rings is 1. The molecule has 0 saturated heterocycles. The van der Waals surface area contributed by atoms with Crippen LogP contribution in [0.1, 0.15) is 12.5 Å². The zero-order valence-electron chi connectivity index (χ0n) is 10.6. The summed E-state index contributed by atoms with van der Waals surface area (Å²) in [7, 11) is 0. The molecular weight excluding hydrogens is 244 g/mol. The minimum atomic E-state index is -1.35. The number of carboxylic acid groups (broad SMARTS) is 1. The van der Waals surface area contributed by atoms with E-state index in [1.807, 2.05) is 24.5 Å². The van der Waals surface area contributed by atoms with Gasteiger partial charge in [0, 0.05) is 18.8 Å². The minimum absolute atomic E-state index is 0.0925. The lowest BCUT2D eigenvalue weighted by Crippen LogP contribution is -2.46. The molecule has 0 unspecified atom stereocenters. The molecule has 0 spiro atoms. The van der Waals surface area contributed by atoms with Gasteiger partial charge in [-0.15, -0.1) is 0 Å². The first-order valence-corrected chi connectivity index (χ1v) is 5.88. The third kappa shape index (κ3) is 2.77. The summed E-state index contributed by atoms with van der Waals surface area (Å²) in [6.45, 7) is 1.45. The SMILES string of the molecule is C[C@@](N)(Cc1ccc(-n2cccc2)c(O)c1)C(=O)O. The van der Waals surface area contributed by atoms with Crippen molar-refractivity contribution >= 4 is 5.97 Å². The van der Waals surface area contributed by atoms with Gasteiger partial charge in [-0.1, -0.05) is 6.07 Å². The molecular formula is C14H16N2O3. The number of nitrogens with zero attached hydrogens (tertiary/aromatic N) is 1. The number of aromatic nitrogens is 1. The molecule has 1 atom stereocenters. The predicted molar refractivity (Wildman–Crippen MR) is 71.4 cm³/mol. The summed E-state index contributed by atoms with van der Waals surface area (Å²) in [5.74, 6) is -0.976. The molecule has 0 aliphatic rings. The molecule has 5 heteroatoms. The molecule has 0 radical (unpaired) electrons. The maximum atomic E-state index is 11.0. The fraction of sp³-hybridized carbons (Fsp3) is 0.214. The molecule has 2 aromatic rings. The summed E-state index contributed by atoms with van der Waals surface area (Å²) in [5.41, 5.74) is 5.66. The summed E-state index contributed by atoms with van der Waals surface area (Å²) in [4.78, 5) is 11.0. The Balaban J connectivity index is 2.27. The average molecular weight is 260 g/mol. The van der Waals surface area contributed by atoms with Gasteiger partial charge >= 0.3 is 5.97 Å².